The van der Waals surface area contributed by atoms with Crippen LogP contribution in [0.2, 0.25) is 0 Å². The van der Waals surface area contributed by atoms with E-state index in [-0.39, 0.29) is 24.4 Å². The van der Waals surface area contributed by atoms with Gasteiger partial charge in [0.15, 0.2) is 0 Å². The largest absolute Gasteiger partial charge is 0.447 e. The van der Waals surface area contributed by atoms with Crippen LogP contribution in [0.1, 0.15) is 63.1 Å². The van der Waals surface area contributed by atoms with E-state index in [0.29, 0.717) is 5.92 Å². The van der Waals surface area contributed by atoms with Crippen molar-refractivity contribution in [3.05, 3.63) is 35.4 Å². The number of benzene rings is 1. The first kappa shape index (κ1) is 18.5. The van der Waals surface area contributed by atoms with Crippen LogP contribution in [0, 0.1) is 12.8 Å². The lowest BCUT2D eigenvalue weighted by Gasteiger charge is -2.31. The fourth-order valence-electron chi connectivity index (χ4n) is 3.09. The Morgan fingerprint density at radius 3 is 2.27 bits per heavy atom. The number of hydrogen-bond acceptors (Lipinski definition) is 3. The normalized spacial score (nSPS) is 16.7. The summed E-state index contributed by atoms with van der Waals surface area (Å²) < 4.78 is 5.27. The van der Waals surface area contributed by atoms with Crippen LogP contribution in [0.15, 0.2) is 24.3 Å². The fraction of sp³-hybridized carbons (Fsp3) is 0.611. The highest BCUT2D eigenvalue weighted by molar-refractivity contribution is 5.68. The average molecular weight is 306 g/mol. The first-order chi connectivity index (χ1) is 10.1. The van der Waals surface area contributed by atoms with E-state index in [1.165, 1.54) is 43.2 Å². The zero-order chi connectivity index (χ0) is 15.2. The zero-order valence-corrected chi connectivity index (χ0v) is 14.1. The molecule has 1 unspecified atom stereocenters. The molecule has 0 radical (unpaired) electrons. The lowest BCUT2D eigenvalue weighted by Crippen LogP contribution is -2.35. The molecule has 0 spiro atoms. The number of alkyl carbamates (subject to hydrolysis) is 1. The summed E-state index contributed by atoms with van der Waals surface area (Å²) in [5, 5.41) is 3.09. The Hall–Kier alpha value is -1.55. The van der Waals surface area contributed by atoms with Gasteiger partial charge < -0.3 is 16.2 Å². The predicted molar refractivity (Wildman–Crippen MR) is 90.3 cm³/mol. The molecule has 0 heterocycles. The van der Waals surface area contributed by atoms with Crippen molar-refractivity contribution in [1.82, 2.24) is 11.5 Å². The van der Waals surface area contributed by atoms with Crippen LogP contribution in [0.3, 0.4) is 0 Å². The third-order valence-electron chi connectivity index (χ3n) is 4.17. The topological polar surface area (TPSA) is 73.3 Å². The van der Waals surface area contributed by atoms with Crippen molar-refractivity contribution in [2.75, 3.05) is 0 Å². The number of hydrogen-bond donors (Lipinski definition) is 2. The minimum absolute atomic E-state index is 0. The molecule has 4 heteroatoms. The number of amides is 1. The Morgan fingerprint density at radius 2 is 1.73 bits per heavy atom. The first-order valence-corrected chi connectivity index (χ1v) is 8.10. The number of ether oxygens (including phenoxy) is 1. The Kier molecular flexibility index (Phi) is 7.39. The van der Waals surface area contributed by atoms with Gasteiger partial charge in [-0.1, -0.05) is 49.1 Å². The van der Waals surface area contributed by atoms with E-state index in [9.17, 15) is 4.79 Å². The van der Waals surface area contributed by atoms with E-state index in [0.717, 1.165) is 0 Å². The van der Waals surface area contributed by atoms with Crippen LogP contribution in [0.5, 0.6) is 0 Å². The molecule has 4 N–H and O–H groups in total. The van der Waals surface area contributed by atoms with Crippen LogP contribution in [-0.4, -0.2) is 12.2 Å². The highest BCUT2D eigenvalue weighted by Gasteiger charge is 2.27. The number of rotatable bonds is 4. The molecule has 1 saturated carbocycles. The maximum Gasteiger partial charge on any atom is 0.407 e. The molecule has 22 heavy (non-hydrogen) atoms. The molecule has 1 aromatic carbocycles. The molecule has 0 aromatic heterocycles. The van der Waals surface area contributed by atoms with Crippen molar-refractivity contribution in [3.8, 4) is 0 Å². The van der Waals surface area contributed by atoms with Crippen molar-refractivity contribution in [2.24, 2.45) is 5.92 Å². The summed E-state index contributed by atoms with van der Waals surface area (Å²) in [5.41, 5.74) is 2.43. The summed E-state index contributed by atoms with van der Waals surface area (Å²) in [6.45, 7) is 5.84. The van der Waals surface area contributed by atoms with Crippen molar-refractivity contribution < 1.29 is 9.53 Å². The molecule has 1 aliphatic rings. The Labute approximate surface area is 134 Å². The van der Waals surface area contributed by atoms with Gasteiger partial charge in [0.1, 0.15) is 0 Å². The fourth-order valence-corrected chi connectivity index (χ4v) is 3.09. The van der Waals surface area contributed by atoms with Gasteiger partial charge in [0, 0.05) is 0 Å². The lowest BCUT2D eigenvalue weighted by atomic mass is 9.81. The van der Waals surface area contributed by atoms with Crippen molar-refractivity contribution in [2.45, 2.75) is 65.0 Å². The van der Waals surface area contributed by atoms with E-state index in [2.05, 4.69) is 36.5 Å². The quantitative estimate of drug-likeness (QED) is 0.829. The van der Waals surface area contributed by atoms with E-state index in [4.69, 9.17) is 4.74 Å². The van der Waals surface area contributed by atoms with Gasteiger partial charge in [0.25, 0.3) is 0 Å². The summed E-state index contributed by atoms with van der Waals surface area (Å²) in [4.78, 5) is 12.0. The van der Waals surface area contributed by atoms with Gasteiger partial charge in [-0.15, -0.1) is 0 Å². The summed E-state index contributed by atoms with van der Waals surface area (Å²) >= 11 is 0. The second-order valence-corrected chi connectivity index (χ2v) is 6.38. The molecule has 0 saturated heterocycles. The Balaban J connectivity index is 0.00000242. The van der Waals surface area contributed by atoms with Gasteiger partial charge in [-0.25, -0.2) is 4.79 Å². The van der Waals surface area contributed by atoms with Crippen molar-refractivity contribution >= 4 is 6.09 Å². The minimum atomic E-state index is -0.304. The molecule has 4 nitrogen and oxygen atoms in total. The molecule has 1 amide bonds. The van der Waals surface area contributed by atoms with E-state index in [1.807, 2.05) is 13.8 Å². The second kappa shape index (κ2) is 8.79. The first-order valence-electron chi connectivity index (χ1n) is 8.10. The second-order valence-electron chi connectivity index (χ2n) is 6.38. The smallest absolute Gasteiger partial charge is 0.407 e. The van der Waals surface area contributed by atoms with Gasteiger partial charge in [0.2, 0.25) is 0 Å². The Bertz CT molecular complexity index is 451. The lowest BCUT2D eigenvalue weighted by molar-refractivity contribution is 0.106. The average Bonchev–Trinajstić information content (AvgIpc) is 2.46. The van der Waals surface area contributed by atoms with Crippen LogP contribution in [-0.2, 0) is 4.74 Å². The van der Waals surface area contributed by atoms with E-state index >= 15 is 0 Å². The molecule has 1 aromatic rings. The molecule has 1 fully saturated rings. The zero-order valence-electron chi connectivity index (χ0n) is 14.1. The Morgan fingerprint density at radius 1 is 1.14 bits per heavy atom. The van der Waals surface area contributed by atoms with Crippen molar-refractivity contribution in [3.63, 3.8) is 0 Å². The van der Waals surface area contributed by atoms with E-state index < -0.39 is 0 Å². The summed E-state index contributed by atoms with van der Waals surface area (Å²) in [7, 11) is 0. The molecule has 1 atom stereocenters. The third-order valence-corrected chi connectivity index (χ3v) is 4.17. The van der Waals surface area contributed by atoms with Crippen molar-refractivity contribution in [1.29, 1.82) is 0 Å². The molecule has 1 aliphatic carbocycles. The highest BCUT2D eigenvalue weighted by atomic mass is 16.6. The molecular formula is C18H30N2O2. The van der Waals surface area contributed by atoms with Gasteiger partial charge in [0.05, 0.1) is 12.1 Å². The van der Waals surface area contributed by atoms with Gasteiger partial charge in [-0.3, -0.25) is 0 Å². The molecule has 124 valence electrons. The molecule has 0 aliphatic heterocycles. The SMILES string of the molecule is Cc1ccc(C(NC(=O)OC(C)C)C2CCCCC2)cc1.N. The van der Waals surface area contributed by atoms with Crippen LogP contribution in [0.4, 0.5) is 4.79 Å². The number of nitrogens with one attached hydrogen (secondary N) is 1. The van der Waals surface area contributed by atoms with Gasteiger partial charge in [-0.2, -0.15) is 0 Å². The van der Waals surface area contributed by atoms with Gasteiger partial charge >= 0.3 is 6.09 Å². The maximum absolute atomic E-state index is 12.0. The highest BCUT2D eigenvalue weighted by Crippen LogP contribution is 2.34. The standard InChI is InChI=1S/C18H27NO2.H3N/c1-13(2)21-18(20)19-17(15-7-5-4-6-8-15)16-11-9-14(3)10-12-16;/h9-13,15,17H,4-8H2,1-3H3,(H,19,20);1H3. The summed E-state index contributed by atoms with van der Waals surface area (Å²) in [5.74, 6) is 0.515. The number of carbonyl (C=O) groups excluding carboxylic acids is 1. The summed E-state index contributed by atoms with van der Waals surface area (Å²) in [6, 6.07) is 8.55. The van der Waals surface area contributed by atoms with Crippen LogP contribution >= 0.6 is 0 Å². The number of aryl methyl sites for hydroxylation is 1. The van der Waals surface area contributed by atoms with Crippen LogP contribution < -0.4 is 11.5 Å². The third kappa shape index (κ3) is 5.34. The molecular weight excluding hydrogens is 276 g/mol. The summed E-state index contributed by atoms with van der Waals surface area (Å²) in [6.07, 6.45) is 5.80. The number of carbonyl (C=O) groups is 1. The van der Waals surface area contributed by atoms with Gasteiger partial charge in [-0.05, 0) is 45.1 Å². The molecule has 2 rings (SSSR count). The maximum atomic E-state index is 12.0. The monoisotopic (exact) mass is 306 g/mol. The minimum Gasteiger partial charge on any atom is -0.447 e. The predicted octanol–water partition coefficient (Wildman–Crippen LogP) is 4.91. The van der Waals surface area contributed by atoms with E-state index in [1.54, 1.807) is 0 Å². The molecule has 0 bridgehead atoms. The van der Waals surface area contributed by atoms with Crippen LogP contribution in [0.25, 0.3) is 0 Å².